The topological polar surface area (TPSA) is 86.3 Å². The zero-order valence-corrected chi connectivity index (χ0v) is 17.8. The molecule has 0 aliphatic carbocycles. The van der Waals surface area contributed by atoms with Crippen molar-refractivity contribution < 1.29 is 9.59 Å². The van der Waals surface area contributed by atoms with Crippen LogP contribution in [0.2, 0.25) is 5.02 Å². The number of amides is 3. The highest BCUT2D eigenvalue weighted by atomic mass is 35.5. The van der Waals surface area contributed by atoms with Crippen molar-refractivity contribution in [2.75, 3.05) is 20.1 Å². The Labute approximate surface area is 179 Å². The summed E-state index contributed by atoms with van der Waals surface area (Å²) in [4.78, 5) is 32.1. The van der Waals surface area contributed by atoms with Gasteiger partial charge in [-0.05, 0) is 43.2 Å². The molecular weight excluding hydrogens is 404 g/mol. The molecule has 1 aliphatic heterocycles. The number of aryl methyl sites for hydroxylation is 1. The first-order chi connectivity index (χ1) is 14.4. The van der Waals surface area contributed by atoms with Gasteiger partial charge in [0.15, 0.2) is 0 Å². The number of hydrogen-bond donors (Lipinski definition) is 2. The second-order valence-corrected chi connectivity index (χ2v) is 8.15. The lowest BCUT2D eigenvalue weighted by Crippen LogP contribution is -2.52. The number of halogens is 1. The average Bonchev–Trinajstić information content (AvgIpc) is 3.36. The van der Waals surface area contributed by atoms with Gasteiger partial charge in [0.2, 0.25) is 0 Å². The van der Waals surface area contributed by atoms with E-state index in [-0.39, 0.29) is 18.0 Å². The zero-order chi connectivity index (χ0) is 21.3. The Hall–Kier alpha value is -3.00. The highest BCUT2D eigenvalue weighted by Crippen LogP contribution is 2.20. The predicted molar refractivity (Wildman–Crippen MR) is 115 cm³/mol. The number of benzene rings is 1. The van der Waals surface area contributed by atoms with E-state index in [0.717, 1.165) is 29.4 Å². The van der Waals surface area contributed by atoms with Gasteiger partial charge < -0.3 is 20.1 Å². The molecule has 0 bridgehead atoms. The smallest absolute Gasteiger partial charge is 0.317 e. The molecule has 2 N–H and O–H groups in total. The average molecular weight is 429 g/mol. The van der Waals surface area contributed by atoms with Crippen LogP contribution in [0.5, 0.6) is 0 Å². The number of urea groups is 1. The van der Waals surface area contributed by atoms with Crippen LogP contribution in [0, 0.1) is 0 Å². The third kappa shape index (κ3) is 4.28. The summed E-state index contributed by atoms with van der Waals surface area (Å²) in [5.74, 6) is -0.0918. The van der Waals surface area contributed by atoms with Gasteiger partial charge in [0.25, 0.3) is 5.91 Å². The fourth-order valence-corrected chi connectivity index (χ4v) is 4.05. The monoisotopic (exact) mass is 428 g/mol. The number of aromatic nitrogens is 3. The number of nitrogens with zero attached hydrogens (tertiary/aromatic N) is 4. The summed E-state index contributed by atoms with van der Waals surface area (Å²) in [5, 5.41) is 8.84. The number of nitrogens with one attached hydrogen (secondary N) is 2. The van der Waals surface area contributed by atoms with Gasteiger partial charge in [0.05, 0.1) is 12.6 Å². The molecule has 4 rings (SSSR count). The number of fused-ring (bicyclic) bond motifs is 1. The van der Waals surface area contributed by atoms with E-state index in [9.17, 15) is 9.59 Å². The van der Waals surface area contributed by atoms with Gasteiger partial charge >= 0.3 is 6.03 Å². The zero-order valence-electron chi connectivity index (χ0n) is 17.1. The Morgan fingerprint density at radius 1 is 1.33 bits per heavy atom. The maximum atomic E-state index is 12.7. The van der Waals surface area contributed by atoms with E-state index in [2.05, 4.69) is 15.4 Å². The van der Waals surface area contributed by atoms with Crippen LogP contribution >= 0.6 is 11.6 Å². The van der Waals surface area contributed by atoms with Gasteiger partial charge in [0, 0.05) is 55.0 Å². The number of hydrogen-bond acceptors (Lipinski definition) is 3. The summed E-state index contributed by atoms with van der Waals surface area (Å²) in [6.07, 6.45) is 3.47. The molecule has 1 unspecified atom stereocenters. The van der Waals surface area contributed by atoms with E-state index in [4.69, 9.17) is 11.6 Å². The second-order valence-electron chi connectivity index (χ2n) is 7.72. The molecule has 1 fully saturated rings. The highest BCUT2D eigenvalue weighted by molar-refractivity contribution is 6.31. The molecule has 0 spiro atoms. The first kappa shape index (κ1) is 20.3. The molecule has 1 aliphatic rings. The van der Waals surface area contributed by atoms with E-state index in [1.165, 1.54) is 0 Å². The third-order valence-corrected chi connectivity index (χ3v) is 5.79. The summed E-state index contributed by atoms with van der Waals surface area (Å²) < 4.78 is 1.62. The molecule has 0 saturated carbocycles. The maximum absolute atomic E-state index is 12.7. The maximum Gasteiger partial charge on any atom is 0.317 e. The summed E-state index contributed by atoms with van der Waals surface area (Å²) >= 11 is 6.03. The van der Waals surface area contributed by atoms with Gasteiger partial charge in [-0.2, -0.15) is 5.10 Å². The molecule has 0 radical (unpaired) electrons. The minimum absolute atomic E-state index is 0.0343. The second kappa shape index (κ2) is 8.39. The van der Waals surface area contributed by atoms with Crippen molar-refractivity contribution in [3.63, 3.8) is 0 Å². The first-order valence-electron chi connectivity index (χ1n) is 9.97. The molecule has 3 heterocycles. The van der Waals surface area contributed by atoms with Crippen molar-refractivity contribution >= 4 is 34.4 Å². The van der Waals surface area contributed by atoms with Crippen molar-refractivity contribution in [2.24, 2.45) is 7.05 Å². The van der Waals surface area contributed by atoms with Crippen LogP contribution < -0.4 is 5.32 Å². The van der Waals surface area contributed by atoms with Crippen LogP contribution in [0.3, 0.4) is 0 Å². The van der Waals surface area contributed by atoms with E-state index in [1.54, 1.807) is 40.8 Å². The number of carbonyl (C=O) groups excluding carboxylic acids is 2. The van der Waals surface area contributed by atoms with E-state index in [0.29, 0.717) is 30.4 Å². The molecule has 1 aromatic carbocycles. The predicted octanol–water partition coefficient (Wildman–Crippen LogP) is 3.00. The Morgan fingerprint density at radius 2 is 2.17 bits per heavy atom. The van der Waals surface area contributed by atoms with E-state index in [1.807, 2.05) is 24.3 Å². The lowest BCUT2D eigenvalue weighted by molar-refractivity contribution is 0.0630. The largest absolute Gasteiger partial charge is 0.357 e. The van der Waals surface area contributed by atoms with Crippen molar-refractivity contribution in [3.05, 3.63) is 52.9 Å². The van der Waals surface area contributed by atoms with Crippen molar-refractivity contribution in [2.45, 2.75) is 25.4 Å². The summed E-state index contributed by atoms with van der Waals surface area (Å²) in [5.41, 5.74) is 2.32. The molecule has 1 atom stereocenters. The number of piperidine rings is 1. The van der Waals surface area contributed by atoms with Gasteiger partial charge in [0.1, 0.15) is 5.69 Å². The van der Waals surface area contributed by atoms with Gasteiger partial charge in [-0.1, -0.05) is 11.6 Å². The van der Waals surface area contributed by atoms with E-state index < -0.39 is 0 Å². The normalized spacial score (nSPS) is 16.6. The number of H-pyrrole nitrogens is 1. The molecule has 3 aromatic rings. The summed E-state index contributed by atoms with van der Waals surface area (Å²) in [6, 6.07) is 9.14. The minimum Gasteiger partial charge on any atom is -0.357 e. The molecule has 9 heteroatoms. The Balaban J connectivity index is 1.35. The van der Waals surface area contributed by atoms with Crippen LogP contribution in [-0.2, 0) is 13.6 Å². The van der Waals surface area contributed by atoms with Crippen LogP contribution in [0.1, 0.15) is 29.0 Å². The highest BCUT2D eigenvalue weighted by Gasteiger charge is 2.29. The van der Waals surface area contributed by atoms with Gasteiger partial charge in [-0.3, -0.25) is 9.48 Å². The van der Waals surface area contributed by atoms with Crippen molar-refractivity contribution in [1.82, 2.24) is 29.9 Å². The fourth-order valence-electron chi connectivity index (χ4n) is 3.87. The number of likely N-dealkylation sites (N-methyl/N-ethyl adjacent to an activating group) is 1. The van der Waals surface area contributed by atoms with Gasteiger partial charge in [-0.15, -0.1) is 0 Å². The van der Waals surface area contributed by atoms with Crippen LogP contribution in [0.15, 0.2) is 36.5 Å². The third-order valence-electron chi connectivity index (χ3n) is 5.55. The van der Waals surface area contributed by atoms with Crippen LogP contribution in [0.25, 0.3) is 10.9 Å². The molecule has 2 aromatic heterocycles. The van der Waals surface area contributed by atoms with Crippen LogP contribution in [0.4, 0.5) is 4.79 Å². The summed E-state index contributed by atoms with van der Waals surface area (Å²) in [6.45, 7) is 1.57. The molecule has 8 nitrogen and oxygen atoms in total. The van der Waals surface area contributed by atoms with Crippen LogP contribution in [-0.4, -0.2) is 62.7 Å². The number of likely N-dealkylation sites (tertiary alicyclic amines) is 1. The van der Waals surface area contributed by atoms with Crippen molar-refractivity contribution in [1.29, 1.82) is 0 Å². The summed E-state index contributed by atoms with van der Waals surface area (Å²) in [7, 11) is 3.56. The lowest BCUT2D eigenvalue weighted by atomic mass is 10.0. The first-order valence-corrected chi connectivity index (χ1v) is 10.4. The molecule has 30 heavy (non-hydrogen) atoms. The van der Waals surface area contributed by atoms with Gasteiger partial charge in [-0.25, -0.2) is 4.79 Å². The quantitative estimate of drug-likeness (QED) is 0.669. The number of aromatic amines is 1. The fraction of sp³-hybridized carbons (Fsp3) is 0.381. The SMILES string of the molecule is CN(C(=O)NCc1cc2cc(Cl)ccc2[nH]1)C1CCCN(C(=O)c2ccn(C)n2)C1. The standard InChI is InChI=1S/C21H25ClN6O2/c1-26-9-7-19(25-26)20(29)28-8-3-4-17(13-28)27(2)21(30)23-12-16-11-14-10-15(22)5-6-18(14)24-16/h5-7,9-11,17,24H,3-4,8,12-13H2,1-2H3,(H,23,30). The molecular formula is C21H25ClN6O2. The Kier molecular flexibility index (Phi) is 5.67. The number of carbonyl (C=O) groups is 2. The van der Waals surface area contributed by atoms with E-state index >= 15 is 0 Å². The molecule has 1 saturated heterocycles. The molecule has 3 amide bonds. The van der Waals surface area contributed by atoms with Crippen molar-refractivity contribution in [3.8, 4) is 0 Å². The number of rotatable bonds is 4. The Bertz CT molecular complexity index is 1070. The minimum atomic E-state index is -0.163. The molecule has 158 valence electrons. The lowest BCUT2D eigenvalue weighted by Gasteiger charge is -2.37. The Morgan fingerprint density at radius 3 is 2.93 bits per heavy atom.